The number of nitrogens with zero attached hydrogens (tertiary/aromatic N) is 1. The smallest absolute Gasteiger partial charge is 0.266 e. The second-order valence-corrected chi connectivity index (χ2v) is 10.4. The number of ether oxygens (including phenoxy) is 2. The Kier molecular flexibility index (Phi) is 9.91. The average Bonchev–Trinajstić information content (AvgIpc) is 2.93. The van der Waals surface area contributed by atoms with Gasteiger partial charge in [0.2, 0.25) is 0 Å². The number of hydrogen-bond donors (Lipinski definition) is 1. The first-order valence-corrected chi connectivity index (χ1v) is 13.5. The molecule has 5 nitrogen and oxygen atoms in total. The molecule has 4 rings (SSSR count). The zero-order chi connectivity index (χ0) is 27.8. The topological polar surface area (TPSA) is 71.3 Å². The van der Waals surface area contributed by atoms with E-state index in [1.807, 2.05) is 30.3 Å². The van der Waals surface area contributed by atoms with Crippen LogP contribution >= 0.6 is 50.7 Å². The van der Waals surface area contributed by atoms with E-state index in [-0.39, 0.29) is 12.2 Å². The van der Waals surface area contributed by atoms with Crippen LogP contribution in [0, 0.1) is 11.3 Å². The number of rotatable bonds is 9. The first kappa shape index (κ1) is 28.5. The Morgan fingerprint density at radius 3 is 2.23 bits per heavy atom. The van der Waals surface area contributed by atoms with Gasteiger partial charge < -0.3 is 14.8 Å². The van der Waals surface area contributed by atoms with Crippen molar-refractivity contribution in [3.8, 4) is 17.6 Å². The standard InChI is InChI=1S/C30H20BrCl3N2O3/c31-23-4-12-29(39-18-20-3-11-27(33)28(34)13-20)21(15-23)14-22(16-35)30(37)36-25-7-9-26(10-8-25)38-17-19-1-5-24(32)6-2-19/h1-15H,17-18H2,(H,36,37)/b22-14+. The predicted octanol–water partition coefficient (Wildman–Crippen LogP) is 9.11. The number of carbonyl (C=O) groups excluding carboxylic acids is 1. The van der Waals surface area contributed by atoms with Gasteiger partial charge in [-0.2, -0.15) is 5.26 Å². The van der Waals surface area contributed by atoms with E-state index in [1.54, 1.807) is 60.7 Å². The van der Waals surface area contributed by atoms with Gasteiger partial charge in [0.05, 0.1) is 10.0 Å². The Hall–Kier alpha value is -3.47. The number of hydrogen-bond acceptors (Lipinski definition) is 4. The quantitative estimate of drug-likeness (QED) is 0.146. The molecular weight excluding hydrogens is 623 g/mol. The lowest BCUT2D eigenvalue weighted by Crippen LogP contribution is -2.13. The van der Waals surface area contributed by atoms with Gasteiger partial charge in [-0.15, -0.1) is 0 Å². The molecule has 39 heavy (non-hydrogen) atoms. The molecule has 4 aromatic rings. The van der Waals surface area contributed by atoms with E-state index in [1.165, 1.54) is 6.08 Å². The Bertz CT molecular complexity index is 1550. The molecule has 9 heteroatoms. The number of amides is 1. The summed E-state index contributed by atoms with van der Waals surface area (Å²) in [7, 11) is 0. The van der Waals surface area contributed by atoms with Crippen molar-refractivity contribution >= 4 is 68.4 Å². The Morgan fingerprint density at radius 2 is 1.54 bits per heavy atom. The molecule has 0 saturated carbocycles. The van der Waals surface area contributed by atoms with Crippen molar-refractivity contribution in [2.75, 3.05) is 5.32 Å². The largest absolute Gasteiger partial charge is 0.489 e. The summed E-state index contributed by atoms with van der Waals surface area (Å²) in [6.07, 6.45) is 1.48. The maximum absolute atomic E-state index is 12.9. The Balaban J connectivity index is 1.42. The molecule has 196 valence electrons. The number of nitriles is 1. The molecule has 0 fully saturated rings. The van der Waals surface area contributed by atoms with Gasteiger partial charge in [-0.1, -0.05) is 68.9 Å². The van der Waals surface area contributed by atoms with Crippen LogP contribution in [0.3, 0.4) is 0 Å². The molecule has 0 radical (unpaired) electrons. The van der Waals surface area contributed by atoms with Gasteiger partial charge in [-0.3, -0.25) is 4.79 Å². The van der Waals surface area contributed by atoms with E-state index in [2.05, 4.69) is 21.2 Å². The van der Waals surface area contributed by atoms with Gasteiger partial charge in [0.1, 0.15) is 36.4 Å². The summed E-state index contributed by atoms with van der Waals surface area (Å²) in [6, 6.07) is 26.8. The zero-order valence-corrected chi connectivity index (χ0v) is 24.1. The maximum atomic E-state index is 12.9. The molecular formula is C30H20BrCl3N2O3. The molecule has 0 aliphatic carbocycles. The second kappa shape index (κ2) is 13.5. The zero-order valence-electron chi connectivity index (χ0n) is 20.3. The number of halogens is 4. The molecule has 1 amide bonds. The minimum Gasteiger partial charge on any atom is -0.489 e. The molecule has 4 aromatic carbocycles. The van der Waals surface area contributed by atoms with Crippen LogP contribution in [0.1, 0.15) is 16.7 Å². The lowest BCUT2D eigenvalue weighted by atomic mass is 10.1. The minimum absolute atomic E-state index is 0.0875. The van der Waals surface area contributed by atoms with Crippen LogP contribution in [0.15, 0.2) is 95.0 Å². The molecule has 0 aliphatic heterocycles. The van der Waals surface area contributed by atoms with Crippen LogP contribution < -0.4 is 14.8 Å². The van der Waals surface area contributed by atoms with Gasteiger partial charge in [0, 0.05) is 20.7 Å². The lowest BCUT2D eigenvalue weighted by molar-refractivity contribution is -0.112. The predicted molar refractivity (Wildman–Crippen MR) is 159 cm³/mol. The maximum Gasteiger partial charge on any atom is 0.266 e. The van der Waals surface area contributed by atoms with Gasteiger partial charge in [-0.25, -0.2) is 0 Å². The third-order valence-electron chi connectivity index (χ3n) is 5.45. The number of anilines is 1. The monoisotopic (exact) mass is 640 g/mol. The third kappa shape index (κ3) is 8.26. The number of nitrogens with one attached hydrogen (secondary N) is 1. The Labute approximate surface area is 249 Å². The van der Waals surface area contributed by atoms with Crippen LogP contribution in [-0.4, -0.2) is 5.91 Å². The van der Waals surface area contributed by atoms with Gasteiger partial charge >= 0.3 is 0 Å². The summed E-state index contributed by atoms with van der Waals surface area (Å²) in [4.78, 5) is 12.9. The van der Waals surface area contributed by atoms with Crippen molar-refractivity contribution in [3.05, 3.63) is 127 Å². The second-order valence-electron chi connectivity index (χ2n) is 8.28. The molecule has 1 N–H and O–H groups in total. The molecule has 0 spiro atoms. The van der Waals surface area contributed by atoms with Crippen LogP contribution in [-0.2, 0) is 18.0 Å². The van der Waals surface area contributed by atoms with E-state index >= 15 is 0 Å². The third-order valence-corrected chi connectivity index (χ3v) is 6.93. The van der Waals surface area contributed by atoms with Crippen molar-refractivity contribution in [1.29, 1.82) is 5.26 Å². The number of benzene rings is 4. The highest BCUT2D eigenvalue weighted by molar-refractivity contribution is 9.10. The van der Waals surface area contributed by atoms with Gasteiger partial charge in [0.15, 0.2) is 0 Å². The molecule has 0 atom stereocenters. The van der Waals surface area contributed by atoms with Gasteiger partial charge in [-0.05, 0) is 83.9 Å². The van der Waals surface area contributed by atoms with Crippen molar-refractivity contribution in [2.24, 2.45) is 0 Å². The van der Waals surface area contributed by atoms with Crippen LogP contribution in [0.25, 0.3) is 6.08 Å². The molecule has 0 unspecified atom stereocenters. The molecule has 0 bridgehead atoms. The van der Waals surface area contributed by atoms with E-state index < -0.39 is 5.91 Å². The summed E-state index contributed by atoms with van der Waals surface area (Å²) < 4.78 is 12.5. The first-order chi connectivity index (χ1) is 18.8. The van der Waals surface area contributed by atoms with E-state index in [4.69, 9.17) is 44.3 Å². The summed E-state index contributed by atoms with van der Waals surface area (Å²) in [5, 5.41) is 14.0. The minimum atomic E-state index is -0.553. The molecule has 0 aromatic heterocycles. The fraction of sp³-hybridized carbons (Fsp3) is 0.0667. The van der Waals surface area contributed by atoms with Crippen LogP contribution in [0.4, 0.5) is 5.69 Å². The Morgan fingerprint density at radius 1 is 0.846 bits per heavy atom. The van der Waals surface area contributed by atoms with Crippen molar-refractivity contribution in [3.63, 3.8) is 0 Å². The van der Waals surface area contributed by atoms with E-state index in [0.717, 1.165) is 15.6 Å². The van der Waals surface area contributed by atoms with Crippen molar-refractivity contribution in [1.82, 2.24) is 0 Å². The van der Waals surface area contributed by atoms with Crippen LogP contribution in [0.5, 0.6) is 11.5 Å². The fourth-order valence-corrected chi connectivity index (χ4v) is 4.26. The highest BCUT2D eigenvalue weighted by Crippen LogP contribution is 2.28. The fourth-order valence-electron chi connectivity index (χ4n) is 3.44. The summed E-state index contributed by atoms with van der Waals surface area (Å²) in [5.74, 6) is 0.576. The first-order valence-electron chi connectivity index (χ1n) is 11.6. The molecule has 0 heterocycles. The summed E-state index contributed by atoms with van der Waals surface area (Å²) in [5.41, 5.74) is 2.79. The molecule has 0 saturated heterocycles. The average molecular weight is 643 g/mol. The van der Waals surface area contributed by atoms with Gasteiger partial charge in [0.25, 0.3) is 5.91 Å². The normalized spacial score (nSPS) is 11.0. The van der Waals surface area contributed by atoms with E-state index in [9.17, 15) is 10.1 Å². The van der Waals surface area contributed by atoms with Crippen LogP contribution in [0.2, 0.25) is 15.1 Å². The SMILES string of the molecule is N#C/C(=C\c1cc(Br)ccc1OCc1ccc(Cl)c(Cl)c1)C(=O)Nc1ccc(OCc2ccc(Cl)cc2)cc1. The lowest BCUT2D eigenvalue weighted by Gasteiger charge is -2.11. The van der Waals surface area contributed by atoms with Crippen molar-refractivity contribution < 1.29 is 14.3 Å². The summed E-state index contributed by atoms with van der Waals surface area (Å²) in [6.45, 7) is 0.603. The molecule has 0 aliphatic rings. The summed E-state index contributed by atoms with van der Waals surface area (Å²) >= 11 is 21.4. The van der Waals surface area contributed by atoms with E-state index in [0.29, 0.717) is 44.4 Å². The highest BCUT2D eigenvalue weighted by atomic mass is 79.9. The number of carbonyl (C=O) groups is 1. The van der Waals surface area contributed by atoms with Crippen molar-refractivity contribution in [2.45, 2.75) is 13.2 Å². The highest BCUT2D eigenvalue weighted by Gasteiger charge is 2.13.